The van der Waals surface area contributed by atoms with Crippen LogP contribution in [0.25, 0.3) is 10.2 Å². The molecule has 0 amide bonds. The Kier molecular flexibility index (Phi) is 5.80. The Morgan fingerprint density at radius 1 is 1.31 bits per heavy atom. The van der Waals surface area contributed by atoms with E-state index in [1.807, 2.05) is 37.3 Å². The molecule has 0 spiro atoms. The van der Waals surface area contributed by atoms with Crippen molar-refractivity contribution in [2.24, 2.45) is 0 Å². The molecule has 0 saturated heterocycles. The molecule has 3 rings (SSSR count). The van der Waals surface area contributed by atoms with Gasteiger partial charge in [-0.2, -0.15) is 0 Å². The van der Waals surface area contributed by atoms with Gasteiger partial charge in [0, 0.05) is 13.0 Å². The highest BCUT2D eigenvalue weighted by Crippen LogP contribution is 2.33. The molecule has 0 radical (unpaired) electrons. The highest BCUT2D eigenvalue weighted by molar-refractivity contribution is 7.20. The number of thiophene rings is 1. The molecule has 0 aliphatic heterocycles. The van der Waals surface area contributed by atoms with Crippen LogP contribution in [0.5, 0.6) is 0 Å². The maximum absolute atomic E-state index is 12.5. The Morgan fingerprint density at radius 2 is 2.08 bits per heavy atom. The van der Waals surface area contributed by atoms with Crippen LogP contribution in [0.2, 0.25) is 0 Å². The zero-order valence-electron chi connectivity index (χ0n) is 14.7. The normalized spacial score (nSPS) is 12.1. The van der Waals surface area contributed by atoms with E-state index in [9.17, 15) is 9.90 Å². The number of hydrogen-bond donors (Lipinski definition) is 2. The summed E-state index contributed by atoms with van der Waals surface area (Å²) in [5.74, 6) is 0.274. The topological polar surface area (TPSA) is 84.3 Å². The second-order valence-electron chi connectivity index (χ2n) is 6.06. The lowest BCUT2D eigenvalue weighted by Gasteiger charge is -2.08. The first-order chi connectivity index (χ1) is 12.6. The molecule has 2 aromatic heterocycles. The van der Waals surface area contributed by atoms with E-state index in [0.29, 0.717) is 30.3 Å². The van der Waals surface area contributed by atoms with Gasteiger partial charge in [-0.1, -0.05) is 30.3 Å². The number of carbonyl (C=O) groups excluding carboxylic acids is 1. The van der Waals surface area contributed by atoms with Crippen LogP contribution in [0.3, 0.4) is 0 Å². The number of aromatic nitrogens is 2. The molecular weight excluding hydrogens is 350 g/mol. The number of anilines is 1. The Balaban J connectivity index is 1.74. The quantitative estimate of drug-likeness (QED) is 0.621. The van der Waals surface area contributed by atoms with Crippen LogP contribution >= 0.6 is 11.3 Å². The largest absolute Gasteiger partial charge is 0.461 e. The van der Waals surface area contributed by atoms with E-state index in [1.54, 1.807) is 6.92 Å². The van der Waals surface area contributed by atoms with E-state index in [1.165, 1.54) is 17.7 Å². The maximum atomic E-state index is 12.5. The highest BCUT2D eigenvalue weighted by Gasteiger charge is 2.20. The number of carbonyl (C=O) groups is 1. The van der Waals surface area contributed by atoms with E-state index in [-0.39, 0.29) is 5.97 Å². The first kappa shape index (κ1) is 18.3. The summed E-state index contributed by atoms with van der Waals surface area (Å²) in [5, 5.41) is 13.4. The summed E-state index contributed by atoms with van der Waals surface area (Å²) in [6, 6.07) is 9.91. The highest BCUT2D eigenvalue weighted by atomic mass is 32.1. The van der Waals surface area contributed by atoms with Gasteiger partial charge in [0.15, 0.2) is 0 Å². The number of rotatable bonds is 7. The number of ether oxygens (including phenoxy) is 1. The maximum Gasteiger partial charge on any atom is 0.348 e. The van der Waals surface area contributed by atoms with Crippen LogP contribution in [0.4, 0.5) is 5.82 Å². The molecule has 1 aromatic carbocycles. The fraction of sp³-hybridized carbons (Fsp3) is 0.316. The minimum Gasteiger partial charge on any atom is -0.461 e. The van der Waals surface area contributed by atoms with Crippen LogP contribution < -0.4 is 5.32 Å². The molecule has 26 heavy (non-hydrogen) atoms. The number of benzene rings is 1. The molecule has 1 atom stereocenters. The molecule has 0 fully saturated rings. The summed E-state index contributed by atoms with van der Waals surface area (Å²) in [6.45, 7) is 4.26. The average molecular weight is 371 g/mol. The van der Waals surface area contributed by atoms with Crippen molar-refractivity contribution in [2.45, 2.75) is 26.4 Å². The van der Waals surface area contributed by atoms with Gasteiger partial charge in [0.05, 0.1) is 18.1 Å². The predicted molar refractivity (Wildman–Crippen MR) is 103 cm³/mol. The van der Waals surface area contributed by atoms with Crippen molar-refractivity contribution in [1.82, 2.24) is 9.97 Å². The van der Waals surface area contributed by atoms with Crippen LogP contribution in [0.1, 0.15) is 27.7 Å². The summed E-state index contributed by atoms with van der Waals surface area (Å²) in [5.41, 5.74) is 1.92. The lowest BCUT2D eigenvalue weighted by molar-refractivity contribution is 0.0514. The van der Waals surface area contributed by atoms with Gasteiger partial charge in [-0.15, -0.1) is 11.3 Å². The number of hydrogen-bond acceptors (Lipinski definition) is 7. The summed E-state index contributed by atoms with van der Waals surface area (Å²) in [4.78, 5) is 22.2. The van der Waals surface area contributed by atoms with Crippen molar-refractivity contribution in [3.8, 4) is 0 Å². The molecule has 7 heteroatoms. The molecule has 0 aliphatic carbocycles. The van der Waals surface area contributed by atoms with Crippen LogP contribution in [0.15, 0.2) is 36.7 Å². The van der Waals surface area contributed by atoms with Crippen molar-refractivity contribution in [3.05, 3.63) is 52.7 Å². The lowest BCUT2D eigenvalue weighted by Crippen LogP contribution is -2.16. The van der Waals surface area contributed by atoms with E-state index >= 15 is 0 Å². The SMILES string of the molecule is Cc1c(C(=O)OCCc2ccccc2)sc2ncnc(NCC(C)O)c12. The molecule has 6 nitrogen and oxygen atoms in total. The third kappa shape index (κ3) is 4.17. The summed E-state index contributed by atoms with van der Waals surface area (Å²) in [7, 11) is 0. The number of fused-ring (bicyclic) bond motifs is 1. The van der Waals surface area contributed by atoms with Gasteiger partial charge in [-0.25, -0.2) is 14.8 Å². The standard InChI is InChI=1S/C19H21N3O3S/c1-12(23)10-20-17-15-13(2)16(26-18(15)22-11-21-17)19(24)25-9-8-14-6-4-3-5-7-14/h3-7,11-12,23H,8-10H2,1-2H3,(H,20,21,22). The Hall–Kier alpha value is -2.51. The van der Waals surface area contributed by atoms with Crippen molar-refractivity contribution >= 4 is 33.3 Å². The van der Waals surface area contributed by atoms with Gasteiger partial charge in [0.2, 0.25) is 0 Å². The molecule has 0 aliphatic rings. The predicted octanol–water partition coefficient (Wildman–Crippen LogP) is 3.19. The van der Waals surface area contributed by atoms with E-state index in [0.717, 1.165) is 21.3 Å². The Morgan fingerprint density at radius 3 is 2.81 bits per heavy atom. The number of nitrogens with zero attached hydrogens (tertiary/aromatic N) is 2. The van der Waals surface area contributed by atoms with E-state index < -0.39 is 6.10 Å². The average Bonchev–Trinajstić information content (AvgIpc) is 2.98. The molecule has 3 aromatic rings. The number of aryl methyl sites for hydroxylation is 1. The monoisotopic (exact) mass is 371 g/mol. The third-order valence-corrected chi connectivity index (χ3v) is 5.12. The zero-order valence-corrected chi connectivity index (χ0v) is 15.5. The second kappa shape index (κ2) is 8.25. The van der Waals surface area contributed by atoms with Crippen molar-refractivity contribution in [3.63, 3.8) is 0 Å². The van der Waals surface area contributed by atoms with Gasteiger partial charge >= 0.3 is 5.97 Å². The van der Waals surface area contributed by atoms with Gasteiger partial charge in [-0.3, -0.25) is 0 Å². The second-order valence-corrected chi connectivity index (χ2v) is 7.06. The van der Waals surface area contributed by atoms with Crippen molar-refractivity contribution < 1.29 is 14.6 Å². The summed E-state index contributed by atoms with van der Waals surface area (Å²) in [6.07, 6.45) is 1.63. The minimum absolute atomic E-state index is 0.329. The van der Waals surface area contributed by atoms with Crippen molar-refractivity contribution in [1.29, 1.82) is 0 Å². The van der Waals surface area contributed by atoms with Crippen LogP contribution in [0, 0.1) is 6.92 Å². The molecule has 136 valence electrons. The van der Waals surface area contributed by atoms with Gasteiger partial charge in [0.25, 0.3) is 0 Å². The van der Waals surface area contributed by atoms with Gasteiger partial charge in [0.1, 0.15) is 21.9 Å². The number of nitrogens with one attached hydrogen (secondary N) is 1. The fourth-order valence-corrected chi connectivity index (χ4v) is 3.66. The van der Waals surface area contributed by atoms with E-state index in [4.69, 9.17) is 4.74 Å². The van der Waals surface area contributed by atoms with E-state index in [2.05, 4.69) is 15.3 Å². The number of esters is 1. The molecular formula is C19H21N3O3S. The van der Waals surface area contributed by atoms with Gasteiger partial charge < -0.3 is 15.2 Å². The fourth-order valence-electron chi connectivity index (χ4n) is 2.62. The summed E-state index contributed by atoms with van der Waals surface area (Å²) < 4.78 is 5.44. The first-order valence-corrected chi connectivity index (χ1v) is 9.25. The molecule has 0 saturated carbocycles. The molecule has 1 unspecified atom stereocenters. The smallest absolute Gasteiger partial charge is 0.348 e. The molecule has 2 heterocycles. The van der Waals surface area contributed by atoms with Crippen molar-refractivity contribution in [2.75, 3.05) is 18.5 Å². The van der Waals surface area contributed by atoms with Crippen LogP contribution in [-0.2, 0) is 11.2 Å². The first-order valence-electron chi connectivity index (χ1n) is 8.43. The van der Waals surface area contributed by atoms with Gasteiger partial charge in [-0.05, 0) is 25.0 Å². The molecule has 2 N–H and O–H groups in total. The third-order valence-electron chi connectivity index (χ3n) is 3.94. The number of aliphatic hydroxyl groups excluding tert-OH is 1. The summed E-state index contributed by atoms with van der Waals surface area (Å²) >= 11 is 1.30. The molecule has 0 bridgehead atoms. The Labute approximate surface area is 155 Å². The number of aliphatic hydroxyl groups is 1. The minimum atomic E-state index is -0.499. The zero-order chi connectivity index (χ0) is 18.5. The van der Waals surface area contributed by atoms with Crippen LogP contribution in [-0.4, -0.2) is 40.3 Å². The Bertz CT molecular complexity index is 894. The lowest BCUT2D eigenvalue weighted by atomic mass is 10.2.